The fourth-order valence-corrected chi connectivity index (χ4v) is 2.93. The Morgan fingerprint density at radius 1 is 1.47 bits per heavy atom. The molecule has 0 spiro atoms. The van der Waals surface area contributed by atoms with E-state index in [4.69, 9.17) is 17.3 Å². The van der Waals surface area contributed by atoms with Gasteiger partial charge in [0.1, 0.15) is 10.7 Å². The van der Waals surface area contributed by atoms with Gasteiger partial charge in [-0.05, 0) is 25.7 Å². The van der Waals surface area contributed by atoms with E-state index in [0.29, 0.717) is 6.54 Å². The standard InChI is InChI=1S/C11H17ClFN3O2S/c1-3-16(2)5-4-15-19(17,18)11-7-10(14)9(13)6-8(11)12/h6-7,15H,3-5,14H2,1-2H3. The molecule has 1 rings (SSSR count). The van der Waals surface area contributed by atoms with Gasteiger partial charge in [-0.1, -0.05) is 18.5 Å². The number of rotatable bonds is 6. The topological polar surface area (TPSA) is 75.4 Å². The lowest BCUT2D eigenvalue weighted by Gasteiger charge is -2.14. The maximum Gasteiger partial charge on any atom is 0.242 e. The Morgan fingerprint density at radius 2 is 2.11 bits per heavy atom. The highest BCUT2D eigenvalue weighted by Crippen LogP contribution is 2.25. The molecule has 0 amide bonds. The van der Waals surface area contributed by atoms with Crippen LogP contribution in [0.3, 0.4) is 0 Å². The largest absolute Gasteiger partial charge is 0.396 e. The zero-order valence-electron chi connectivity index (χ0n) is 10.8. The number of hydrogen-bond acceptors (Lipinski definition) is 4. The lowest BCUT2D eigenvalue weighted by atomic mass is 10.3. The van der Waals surface area contributed by atoms with Crippen molar-refractivity contribution in [3.8, 4) is 0 Å². The van der Waals surface area contributed by atoms with Gasteiger partial charge in [-0.3, -0.25) is 0 Å². The van der Waals surface area contributed by atoms with Crippen molar-refractivity contribution in [1.29, 1.82) is 0 Å². The van der Waals surface area contributed by atoms with Crippen molar-refractivity contribution in [2.75, 3.05) is 32.4 Å². The van der Waals surface area contributed by atoms with Crippen LogP contribution in [0.15, 0.2) is 17.0 Å². The Labute approximate surface area is 117 Å². The van der Waals surface area contributed by atoms with Gasteiger partial charge in [0.05, 0.1) is 10.7 Å². The first kappa shape index (κ1) is 16.2. The van der Waals surface area contributed by atoms with Crippen LogP contribution in [0.25, 0.3) is 0 Å². The SMILES string of the molecule is CCN(C)CCNS(=O)(=O)c1cc(N)c(F)cc1Cl. The number of nitrogens with one attached hydrogen (secondary N) is 1. The van der Waals surface area contributed by atoms with E-state index in [0.717, 1.165) is 18.7 Å². The van der Waals surface area contributed by atoms with E-state index in [9.17, 15) is 12.8 Å². The number of anilines is 1. The summed E-state index contributed by atoms with van der Waals surface area (Å²) in [4.78, 5) is 1.73. The van der Waals surface area contributed by atoms with Crippen molar-refractivity contribution in [3.63, 3.8) is 0 Å². The van der Waals surface area contributed by atoms with E-state index in [-0.39, 0.29) is 22.2 Å². The smallest absolute Gasteiger partial charge is 0.242 e. The van der Waals surface area contributed by atoms with Crippen molar-refractivity contribution in [2.45, 2.75) is 11.8 Å². The summed E-state index contributed by atoms with van der Waals surface area (Å²) in [6.07, 6.45) is 0. The Bertz CT molecular complexity index is 551. The monoisotopic (exact) mass is 309 g/mol. The number of nitrogens with zero attached hydrogens (tertiary/aromatic N) is 1. The van der Waals surface area contributed by atoms with E-state index in [2.05, 4.69) is 4.72 Å². The molecule has 0 saturated carbocycles. The van der Waals surface area contributed by atoms with Gasteiger partial charge >= 0.3 is 0 Å². The fourth-order valence-electron chi connectivity index (χ4n) is 1.36. The summed E-state index contributed by atoms with van der Waals surface area (Å²) in [6, 6.07) is 1.91. The Hall–Kier alpha value is -0.890. The first-order chi connectivity index (χ1) is 8.77. The molecule has 0 aromatic heterocycles. The molecule has 0 fully saturated rings. The van der Waals surface area contributed by atoms with E-state index in [1.807, 2.05) is 18.9 Å². The highest BCUT2D eigenvalue weighted by molar-refractivity contribution is 7.89. The number of likely N-dealkylation sites (N-methyl/N-ethyl adjacent to an activating group) is 1. The summed E-state index contributed by atoms with van der Waals surface area (Å²) in [5.74, 6) is -0.741. The van der Waals surface area contributed by atoms with Crippen molar-refractivity contribution < 1.29 is 12.8 Å². The van der Waals surface area contributed by atoms with Crippen LogP contribution in [0.1, 0.15) is 6.92 Å². The maximum absolute atomic E-state index is 13.1. The van der Waals surface area contributed by atoms with Crippen LogP contribution in [0, 0.1) is 5.82 Å². The van der Waals surface area contributed by atoms with E-state index in [1.54, 1.807) is 0 Å². The average molecular weight is 310 g/mol. The zero-order valence-corrected chi connectivity index (χ0v) is 12.4. The predicted octanol–water partition coefficient (Wildman–Crippen LogP) is 1.29. The van der Waals surface area contributed by atoms with Gasteiger partial charge in [-0.15, -0.1) is 0 Å². The number of benzene rings is 1. The molecule has 8 heteroatoms. The molecule has 0 unspecified atom stereocenters. The Kier molecular flexibility index (Phi) is 5.54. The number of hydrogen-bond donors (Lipinski definition) is 2. The first-order valence-corrected chi connectivity index (χ1v) is 7.56. The molecule has 1 aromatic carbocycles. The molecule has 0 heterocycles. The summed E-state index contributed by atoms with van der Waals surface area (Å²) in [7, 11) is -1.92. The molecule has 0 radical (unpaired) electrons. The van der Waals surface area contributed by atoms with Gasteiger partial charge in [0.25, 0.3) is 0 Å². The second kappa shape index (κ2) is 6.51. The second-order valence-corrected chi connectivity index (χ2v) is 6.24. The minimum Gasteiger partial charge on any atom is -0.396 e. The summed E-state index contributed by atoms with van der Waals surface area (Å²) in [6.45, 7) is 3.57. The quantitative estimate of drug-likeness (QED) is 0.777. The van der Waals surface area contributed by atoms with E-state index < -0.39 is 15.8 Å². The lowest BCUT2D eigenvalue weighted by Crippen LogP contribution is -2.33. The number of nitrogen functional groups attached to an aromatic ring is 1. The zero-order chi connectivity index (χ0) is 14.6. The van der Waals surface area contributed by atoms with Gasteiger partial charge in [-0.25, -0.2) is 17.5 Å². The van der Waals surface area contributed by atoms with E-state index >= 15 is 0 Å². The van der Waals surface area contributed by atoms with Crippen LogP contribution in [0.2, 0.25) is 5.02 Å². The van der Waals surface area contributed by atoms with Crippen molar-refractivity contribution in [1.82, 2.24) is 9.62 Å². The van der Waals surface area contributed by atoms with E-state index in [1.165, 1.54) is 0 Å². The summed E-state index contributed by atoms with van der Waals surface area (Å²) >= 11 is 5.73. The molecule has 0 bridgehead atoms. The van der Waals surface area contributed by atoms with Crippen LogP contribution in [-0.2, 0) is 10.0 Å². The Balaban J connectivity index is 2.86. The first-order valence-electron chi connectivity index (χ1n) is 5.70. The Morgan fingerprint density at radius 3 is 2.68 bits per heavy atom. The molecule has 1 aromatic rings. The third kappa shape index (κ3) is 4.31. The molecule has 5 nitrogen and oxygen atoms in total. The van der Waals surface area contributed by atoms with Crippen LogP contribution in [-0.4, -0.2) is 40.0 Å². The van der Waals surface area contributed by atoms with Crippen LogP contribution < -0.4 is 10.5 Å². The third-order valence-electron chi connectivity index (χ3n) is 2.67. The molecule has 0 aliphatic rings. The van der Waals surface area contributed by atoms with Gasteiger partial charge in [0, 0.05) is 13.1 Å². The molecule has 3 N–H and O–H groups in total. The molecule has 108 valence electrons. The van der Waals surface area contributed by atoms with Crippen LogP contribution >= 0.6 is 11.6 Å². The summed E-state index contributed by atoms with van der Waals surface area (Å²) in [5.41, 5.74) is 5.10. The van der Waals surface area contributed by atoms with Gasteiger partial charge in [0.15, 0.2) is 0 Å². The number of halogens is 2. The predicted molar refractivity (Wildman–Crippen MR) is 74.2 cm³/mol. The van der Waals surface area contributed by atoms with Crippen molar-refractivity contribution in [3.05, 3.63) is 23.0 Å². The third-order valence-corrected chi connectivity index (χ3v) is 4.59. The molecule has 0 aliphatic heterocycles. The molecule has 0 atom stereocenters. The second-order valence-electron chi connectivity index (χ2n) is 4.10. The maximum atomic E-state index is 13.1. The molecular formula is C11H17ClFN3O2S. The van der Waals surface area contributed by atoms with Gasteiger partial charge in [-0.2, -0.15) is 0 Å². The average Bonchev–Trinajstić information content (AvgIpc) is 2.33. The van der Waals surface area contributed by atoms with Crippen LogP contribution in [0.5, 0.6) is 0 Å². The summed E-state index contributed by atoms with van der Waals surface area (Å²) < 4.78 is 39.5. The highest BCUT2D eigenvalue weighted by Gasteiger charge is 2.19. The lowest BCUT2D eigenvalue weighted by molar-refractivity contribution is 0.358. The molecule has 0 aliphatic carbocycles. The molecular weight excluding hydrogens is 293 g/mol. The van der Waals surface area contributed by atoms with Crippen molar-refractivity contribution >= 4 is 27.3 Å². The molecule has 0 saturated heterocycles. The van der Waals surface area contributed by atoms with Crippen molar-refractivity contribution in [2.24, 2.45) is 0 Å². The number of sulfonamides is 1. The number of nitrogens with two attached hydrogens (primary N) is 1. The highest BCUT2D eigenvalue weighted by atomic mass is 35.5. The van der Waals surface area contributed by atoms with Gasteiger partial charge < -0.3 is 10.6 Å². The van der Waals surface area contributed by atoms with Crippen LogP contribution in [0.4, 0.5) is 10.1 Å². The normalized spacial score (nSPS) is 12.1. The minimum atomic E-state index is -3.79. The summed E-state index contributed by atoms with van der Waals surface area (Å²) in [5, 5.41) is -0.192. The minimum absolute atomic E-state index is 0.192. The molecule has 19 heavy (non-hydrogen) atoms. The van der Waals surface area contributed by atoms with Gasteiger partial charge in [0.2, 0.25) is 10.0 Å². The fraction of sp³-hybridized carbons (Fsp3) is 0.455.